The molecule has 2 unspecified atom stereocenters. The topological polar surface area (TPSA) is 9.23 Å². The van der Waals surface area contributed by atoms with Crippen LogP contribution in [0.3, 0.4) is 0 Å². The second-order valence-electron chi connectivity index (χ2n) is 10.1. The van der Waals surface area contributed by atoms with E-state index >= 15 is 0 Å². The first-order valence-electron chi connectivity index (χ1n) is 13.1. The lowest BCUT2D eigenvalue weighted by Crippen LogP contribution is -2.65. The van der Waals surface area contributed by atoms with Gasteiger partial charge in [0.15, 0.2) is 8.32 Å². The molecule has 0 saturated carbocycles. The highest BCUT2D eigenvalue weighted by molar-refractivity contribution is 7.02. The molecule has 0 spiro atoms. The molecule has 4 rings (SSSR count). The molecule has 0 aliphatic heterocycles. The Morgan fingerprint density at radius 3 is 1.22 bits per heavy atom. The van der Waals surface area contributed by atoms with Crippen molar-refractivity contribution >= 4 is 27.0 Å². The SMILES string of the molecule is C=CC(Cc1ccccc1)[Si](C)(O[Si](C)(c1ccccc1)c1ccccc1)C(C=C)Cc1ccccc1. The fraction of sp³-hybridized carbons (Fsp3) is 0.176. The number of allylic oxidation sites excluding steroid dienone is 2. The van der Waals surface area contributed by atoms with E-state index in [2.05, 4.69) is 160 Å². The van der Waals surface area contributed by atoms with E-state index in [0.717, 1.165) is 12.8 Å². The van der Waals surface area contributed by atoms with Crippen LogP contribution in [0.5, 0.6) is 0 Å². The molecular formula is C34H38OSi2. The minimum absolute atomic E-state index is 0.223. The van der Waals surface area contributed by atoms with E-state index in [1.165, 1.54) is 21.5 Å². The smallest absolute Gasteiger partial charge is 0.241 e. The van der Waals surface area contributed by atoms with Crippen LogP contribution >= 0.6 is 0 Å². The summed E-state index contributed by atoms with van der Waals surface area (Å²) in [5.74, 6) is 0. The van der Waals surface area contributed by atoms with Gasteiger partial charge in [0, 0.05) is 0 Å². The standard InChI is InChI=1S/C34H38OSi2/c1-5-31(27-29-19-11-7-12-20-29)36(3,32(6-2)28-30-21-13-8-14-22-30)35-37(4,33-23-15-9-16-24-33)34-25-17-10-18-26-34/h5-26,31-32H,1-2,27-28H2,3-4H3. The van der Waals surface area contributed by atoms with Crippen LogP contribution in [0.1, 0.15) is 11.1 Å². The maximum atomic E-state index is 7.78. The van der Waals surface area contributed by atoms with E-state index in [1.807, 2.05) is 0 Å². The van der Waals surface area contributed by atoms with Gasteiger partial charge >= 0.3 is 0 Å². The van der Waals surface area contributed by atoms with Crippen molar-refractivity contribution in [3.63, 3.8) is 0 Å². The lowest BCUT2D eigenvalue weighted by Gasteiger charge is -2.46. The summed E-state index contributed by atoms with van der Waals surface area (Å²) >= 11 is 0. The maximum Gasteiger partial charge on any atom is 0.241 e. The van der Waals surface area contributed by atoms with Crippen molar-refractivity contribution in [2.45, 2.75) is 37.0 Å². The second-order valence-corrected chi connectivity index (χ2v) is 18.0. The molecule has 0 heterocycles. The molecule has 0 aliphatic rings. The summed E-state index contributed by atoms with van der Waals surface area (Å²) in [6.45, 7) is 13.5. The molecule has 0 amide bonds. The largest absolute Gasteiger partial charge is 0.448 e. The summed E-state index contributed by atoms with van der Waals surface area (Å²) in [6, 6.07) is 43.2. The van der Waals surface area contributed by atoms with Gasteiger partial charge in [-0.3, -0.25) is 0 Å². The minimum Gasteiger partial charge on any atom is -0.448 e. The molecular weight excluding hydrogens is 481 g/mol. The van der Waals surface area contributed by atoms with Crippen LogP contribution in [0.15, 0.2) is 147 Å². The first-order chi connectivity index (χ1) is 18.0. The lowest BCUT2D eigenvalue weighted by atomic mass is 10.1. The number of hydrogen-bond acceptors (Lipinski definition) is 1. The van der Waals surface area contributed by atoms with Crippen LogP contribution in [-0.2, 0) is 17.0 Å². The van der Waals surface area contributed by atoms with Gasteiger partial charge in [0.2, 0.25) is 8.32 Å². The third-order valence-corrected chi connectivity index (χ3v) is 17.8. The zero-order valence-corrected chi connectivity index (χ0v) is 24.1. The number of rotatable bonds is 12. The molecule has 0 N–H and O–H groups in total. The fourth-order valence-electron chi connectivity index (χ4n) is 5.44. The lowest BCUT2D eigenvalue weighted by molar-refractivity contribution is 0.519. The zero-order chi connectivity index (χ0) is 26.1. The van der Waals surface area contributed by atoms with Gasteiger partial charge in [0.05, 0.1) is 0 Å². The molecule has 0 saturated heterocycles. The van der Waals surface area contributed by atoms with Crippen LogP contribution < -0.4 is 10.4 Å². The van der Waals surface area contributed by atoms with Crippen molar-refractivity contribution in [2.75, 3.05) is 0 Å². The average Bonchev–Trinajstić information content (AvgIpc) is 2.96. The molecule has 0 aromatic heterocycles. The summed E-state index contributed by atoms with van der Waals surface area (Å²) < 4.78 is 7.78. The normalized spacial score (nSPS) is 14.8. The van der Waals surface area contributed by atoms with Gasteiger partial charge in [-0.1, -0.05) is 133 Å². The molecule has 0 fully saturated rings. The van der Waals surface area contributed by atoms with Gasteiger partial charge in [-0.2, -0.15) is 0 Å². The Hall–Kier alpha value is -3.25. The highest BCUT2D eigenvalue weighted by atomic mass is 28.4. The molecule has 1 nitrogen and oxygen atoms in total. The van der Waals surface area contributed by atoms with E-state index in [0.29, 0.717) is 0 Å². The minimum atomic E-state index is -2.56. The van der Waals surface area contributed by atoms with Crippen LogP contribution in [0.2, 0.25) is 24.2 Å². The summed E-state index contributed by atoms with van der Waals surface area (Å²) in [5.41, 5.74) is 3.09. The highest BCUT2D eigenvalue weighted by Gasteiger charge is 2.49. The van der Waals surface area contributed by atoms with Gasteiger partial charge in [-0.25, -0.2) is 0 Å². The molecule has 3 heteroatoms. The predicted molar refractivity (Wildman–Crippen MR) is 165 cm³/mol. The first kappa shape index (κ1) is 26.8. The average molecular weight is 519 g/mol. The summed E-state index contributed by atoms with van der Waals surface area (Å²) in [4.78, 5) is 0. The van der Waals surface area contributed by atoms with Crippen molar-refractivity contribution in [3.05, 3.63) is 158 Å². The van der Waals surface area contributed by atoms with Gasteiger partial charge in [-0.05, 0) is 58.5 Å². The quantitative estimate of drug-likeness (QED) is 0.139. The van der Waals surface area contributed by atoms with Gasteiger partial charge in [-0.15, -0.1) is 13.2 Å². The van der Waals surface area contributed by atoms with Crippen LogP contribution in [0, 0.1) is 0 Å². The Morgan fingerprint density at radius 2 is 0.892 bits per heavy atom. The monoisotopic (exact) mass is 518 g/mol. The van der Waals surface area contributed by atoms with Gasteiger partial charge in [0.25, 0.3) is 0 Å². The highest BCUT2D eigenvalue weighted by Crippen LogP contribution is 2.42. The maximum absolute atomic E-state index is 7.78. The van der Waals surface area contributed by atoms with Crippen molar-refractivity contribution in [3.8, 4) is 0 Å². The molecule has 188 valence electrons. The molecule has 0 aliphatic carbocycles. The molecule has 4 aromatic rings. The van der Waals surface area contributed by atoms with E-state index < -0.39 is 16.6 Å². The second kappa shape index (κ2) is 12.3. The van der Waals surface area contributed by atoms with E-state index in [9.17, 15) is 0 Å². The van der Waals surface area contributed by atoms with Crippen LogP contribution in [0.25, 0.3) is 0 Å². The Morgan fingerprint density at radius 1 is 0.568 bits per heavy atom. The number of hydrogen-bond donors (Lipinski definition) is 0. The number of benzene rings is 4. The summed E-state index contributed by atoms with van der Waals surface area (Å²) in [6.07, 6.45) is 6.15. The van der Waals surface area contributed by atoms with Crippen LogP contribution in [-0.4, -0.2) is 16.6 Å². The third kappa shape index (κ3) is 6.19. The Bertz CT molecular complexity index is 1160. The fourth-order valence-corrected chi connectivity index (χ4v) is 15.9. The molecule has 2 atom stereocenters. The third-order valence-electron chi connectivity index (χ3n) is 7.71. The summed E-state index contributed by atoms with van der Waals surface area (Å²) in [7, 11) is -5.11. The Kier molecular flexibility index (Phi) is 8.93. The predicted octanol–water partition coefficient (Wildman–Crippen LogP) is 7.57. The molecule has 37 heavy (non-hydrogen) atoms. The van der Waals surface area contributed by atoms with Gasteiger partial charge < -0.3 is 4.12 Å². The Balaban J connectivity index is 1.84. The molecule has 0 bridgehead atoms. The van der Waals surface area contributed by atoms with Crippen molar-refractivity contribution < 1.29 is 4.12 Å². The Labute approximate surface area is 225 Å². The zero-order valence-electron chi connectivity index (χ0n) is 22.1. The van der Waals surface area contributed by atoms with E-state index in [1.54, 1.807) is 0 Å². The van der Waals surface area contributed by atoms with Crippen molar-refractivity contribution in [1.29, 1.82) is 0 Å². The summed E-state index contributed by atoms with van der Waals surface area (Å²) in [5, 5.41) is 2.59. The molecule has 4 aromatic carbocycles. The van der Waals surface area contributed by atoms with Gasteiger partial charge in [0.1, 0.15) is 0 Å². The van der Waals surface area contributed by atoms with E-state index in [-0.39, 0.29) is 11.1 Å². The van der Waals surface area contributed by atoms with Crippen LogP contribution in [0.4, 0.5) is 0 Å². The first-order valence-corrected chi connectivity index (χ1v) is 18.1. The van der Waals surface area contributed by atoms with Crippen molar-refractivity contribution in [2.24, 2.45) is 0 Å². The van der Waals surface area contributed by atoms with E-state index in [4.69, 9.17) is 4.12 Å². The molecule has 0 radical (unpaired) electrons. The van der Waals surface area contributed by atoms with Crippen molar-refractivity contribution in [1.82, 2.24) is 0 Å².